The highest BCUT2D eigenvalue weighted by Crippen LogP contribution is 2.15. The molecule has 0 aromatic rings. The summed E-state index contributed by atoms with van der Waals surface area (Å²) in [5.41, 5.74) is 0. The minimum absolute atomic E-state index is 0.279. The Morgan fingerprint density at radius 2 is 0.840 bits per heavy atom. The van der Waals surface area contributed by atoms with Crippen LogP contribution in [-0.4, -0.2) is 41.9 Å². The van der Waals surface area contributed by atoms with Crippen LogP contribution in [0, 0.1) is 0 Å². The van der Waals surface area contributed by atoms with E-state index in [4.69, 9.17) is 0 Å². The van der Waals surface area contributed by atoms with Crippen molar-refractivity contribution in [3.63, 3.8) is 0 Å². The monoisotopic (exact) mass is 726 g/mol. The Hall–Kier alpha value is -1.18. The lowest BCUT2D eigenvalue weighted by Gasteiger charge is -2.21. The first-order valence-electron chi connectivity index (χ1n) is 21.5. The van der Waals surface area contributed by atoms with Crippen LogP contribution in [0.2, 0.25) is 0 Å². The predicted octanol–water partition coefficient (Wildman–Crippen LogP) is 12.7. The smallest absolute Gasteiger partial charge is 0.267 e. The van der Waals surface area contributed by atoms with Crippen molar-refractivity contribution in [1.29, 1.82) is 0 Å². The summed E-state index contributed by atoms with van der Waals surface area (Å²) >= 11 is 0. The summed E-state index contributed by atoms with van der Waals surface area (Å²) in [5.74, 6) is -0.975. The highest BCUT2D eigenvalue weighted by Gasteiger charge is 2.24. The van der Waals surface area contributed by atoms with E-state index in [1.54, 1.807) is 6.08 Å². The van der Waals surface area contributed by atoms with Crippen LogP contribution in [0.25, 0.3) is 0 Å². The molecule has 0 spiro atoms. The number of unbranched alkanes of at least 4 members (excludes halogenated alkanes) is 29. The van der Waals surface area contributed by atoms with E-state index in [2.05, 4.69) is 31.3 Å². The van der Waals surface area contributed by atoms with Crippen LogP contribution in [-0.2, 0) is 14.9 Å². The first-order valence-corrected chi connectivity index (χ1v) is 23.1. The van der Waals surface area contributed by atoms with Crippen molar-refractivity contribution in [3.05, 3.63) is 24.3 Å². The zero-order chi connectivity index (χ0) is 36.8. The summed E-state index contributed by atoms with van der Waals surface area (Å²) in [6.07, 6.45) is 47.4. The molecule has 0 aromatic heterocycles. The van der Waals surface area contributed by atoms with E-state index in [-0.39, 0.29) is 5.91 Å². The molecule has 0 aliphatic rings. The fraction of sp³-hybridized carbons (Fsp3) is 0.884. The fourth-order valence-electron chi connectivity index (χ4n) is 6.62. The van der Waals surface area contributed by atoms with Gasteiger partial charge in [-0.25, -0.2) is 0 Å². The van der Waals surface area contributed by atoms with Gasteiger partial charge in [0.2, 0.25) is 5.91 Å². The molecule has 7 heteroatoms. The average Bonchev–Trinajstić information content (AvgIpc) is 3.08. The van der Waals surface area contributed by atoms with Gasteiger partial charge in [0.05, 0.1) is 17.9 Å². The second-order valence-corrected chi connectivity index (χ2v) is 16.5. The van der Waals surface area contributed by atoms with Crippen LogP contribution in [0.4, 0.5) is 0 Å². The van der Waals surface area contributed by atoms with Gasteiger partial charge in [-0.05, 0) is 44.9 Å². The molecule has 0 saturated heterocycles. The Morgan fingerprint density at radius 1 is 0.520 bits per heavy atom. The maximum Gasteiger partial charge on any atom is 0.267 e. The molecule has 0 heterocycles. The van der Waals surface area contributed by atoms with Crippen LogP contribution in [0.3, 0.4) is 0 Å². The molecule has 2 atom stereocenters. The third-order valence-electron chi connectivity index (χ3n) is 9.87. The molecule has 0 rings (SSSR count). The number of hydrogen-bond acceptors (Lipinski definition) is 4. The first kappa shape index (κ1) is 48.8. The SMILES string of the molecule is CCCCCCCCCC/C=C\CCCCCCCCCCCC(=O)NC(CS(=O)(=O)O)C(O)/C=C/CCCCCCCCCCCCCC. The topological polar surface area (TPSA) is 104 Å². The molecule has 0 aromatic carbocycles. The Balaban J connectivity index is 3.85. The number of hydrogen-bond donors (Lipinski definition) is 3. The van der Waals surface area contributed by atoms with E-state index < -0.39 is 28.0 Å². The number of carbonyl (C=O) groups excluding carboxylic acids is 1. The molecule has 1 amide bonds. The van der Waals surface area contributed by atoms with Crippen molar-refractivity contribution in [2.75, 3.05) is 5.75 Å². The van der Waals surface area contributed by atoms with Gasteiger partial charge in [0.1, 0.15) is 0 Å². The van der Waals surface area contributed by atoms with Gasteiger partial charge in [0.15, 0.2) is 0 Å². The molecular weight excluding hydrogens is 643 g/mol. The summed E-state index contributed by atoms with van der Waals surface area (Å²) in [6, 6.07) is -1.05. The van der Waals surface area contributed by atoms with Crippen molar-refractivity contribution >= 4 is 16.0 Å². The number of rotatable bonds is 39. The molecule has 6 nitrogen and oxygen atoms in total. The number of aliphatic hydroxyl groups is 1. The second kappa shape index (κ2) is 37.6. The van der Waals surface area contributed by atoms with E-state index in [0.29, 0.717) is 6.42 Å². The average molecular weight is 726 g/mol. The van der Waals surface area contributed by atoms with Gasteiger partial charge in [-0.2, -0.15) is 8.42 Å². The summed E-state index contributed by atoms with van der Waals surface area (Å²) in [7, 11) is -4.34. The molecule has 2 unspecified atom stereocenters. The minimum atomic E-state index is -4.34. The minimum Gasteiger partial charge on any atom is -0.387 e. The molecule has 3 N–H and O–H groups in total. The van der Waals surface area contributed by atoms with E-state index in [1.165, 1.54) is 167 Å². The van der Waals surface area contributed by atoms with Gasteiger partial charge < -0.3 is 10.4 Å². The van der Waals surface area contributed by atoms with Crippen LogP contribution in [0.15, 0.2) is 24.3 Å². The highest BCUT2D eigenvalue weighted by atomic mass is 32.2. The zero-order valence-electron chi connectivity index (χ0n) is 33.0. The molecule has 0 bridgehead atoms. The summed E-state index contributed by atoms with van der Waals surface area (Å²) in [4.78, 5) is 12.5. The largest absolute Gasteiger partial charge is 0.387 e. The van der Waals surface area contributed by atoms with E-state index in [9.17, 15) is 22.9 Å². The number of nitrogens with one attached hydrogen (secondary N) is 1. The molecule has 0 aliphatic carbocycles. The molecule has 0 radical (unpaired) electrons. The lowest BCUT2D eigenvalue weighted by molar-refractivity contribution is -0.122. The van der Waals surface area contributed by atoms with E-state index >= 15 is 0 Å². The van der Waals surface area contributed by atoms with E-state index in [0.717, 1.165) is 38.5 Å². The van der Waals surface area contributed by atoms with Gasteiger partial charge in [0, 0.05) is 6.42 Å². The molecule has 0 fully saturated rings. The maximum atomic E-state index is 12.5. The fourth-order valence-corrected chi connectivity index (χ4v) is 7.36. The number of amides is 1. The number of aliphatic hydroxyl groups excluding tert-OH is 1. The quantitative estimate of drug-likeness (QED) is 0.0332. The van der Waals surface area contributed by atoms with Crippen LogP contribution in [0.5, 0.6) is 0 Å². The Morgan fingerprint density at radius 3 is 1.20 bits per heavy atom. The van der Waals surface area contributed by atoms with Crippen molar-refractivity contribution in [3.8, 4) is 0 Å². The lowest BCUT2D eigenvalue weighted by Crippen LogP contribution is -2.46. The van der Waals surface area contributed by atoms with Crippen molar-refractivity contribution in [2.24, 2.45) is 0 Å². The molecular formula is C43H83NO5S. The highest BCUT2D eigenvalue weighted by molar-refractivity contribution is 7.85. The summed E-state index contributed by atoms with van der Waals surface area (Å²) in [6.45, 7) is 4.52. The normalized spacial score (nSPS) is 13.4. The van der Waals surface area contributed by atoms with Gasteiger partial charge >= 0.3 is 0 Å². The molecule has 0 saturated carbocycles. The van der Waals surface area contributed by atoms with Crippen LogP contribution >= 0.6 is 0 Å². The third-order valence-corrected chi connectivity index (χ3v) is 10.7. The lowest BCUT2D eigenvalue weighted by atomic mass is 10.0. The Kier molecular flexibility index (Phi) is 36.7. The zero-order valence-corrected chi connectivity index (χ0v) is 33.8. The standard InChI is InChI=1S/C43H83NO5S/c1-3-5-7-9-11-13-15-17-19-20-21-22-23-24-25-27-29-31-33-35-37-39-43(46)44-41(40-50(47,48)49)42(45)38-36-34-32-30-28-26-18-16-14-12-10-8-6-4-2/h20-21,36,38,41-42,45H,3-19,22-35,37,39-40H2,1-2H3,(H,44,46)(H,47,48,49)/b21-20-,38-36+. The first-order chi connectivity index (χ1) is 24.3. The third kappa shape index (κ3) is 38.1. The summed E-state index contributed by atoms with van der Waals surface area (Å²) in [5, 5.41) is 13.2. The van der Waals surface area contributed by atoms with E-state index in [1.807, 2.05) is 6.08 Å². The predicted molar refractivity (Wildman–Crippen MR) is 216 cm³/mol. The van der Waals surface area contributed by atoms with Crippen molar-refractivity contribution < 1.29 is 22.9 Å². The van der Waals surface area contributed by atoms with Crippen LogP contribution in [0.1, 0.15) is 226 Å². The maximum absolute atomic E-state index is 12.5. The van der Waals surface area contributed by atoms with Crippen LogP contribution < -0.4 is 5.32 Å². The number of allylic oxidation sites excluding steroid dienone is 3. The Bertz CT molecular complexity index is 888. The number of carbonyl (C=O) groups is 1. The molecule has 0 aliphatic heterocycles. The van der Waals surface area contributed by atoms with Crippen molar-refractivity contribution in [2.45, 2.75) is 238 Å². The molecule has 296 valence electrons. The van der Waals surface area contributed by atoms with Gasteiger partial charge in [-0.1, -0.05) is 199 Å². The Labute approximate surface area is 311 Å². The second-order valence-electron chi connectivity index (χ2n) is 15.0. The van der Waals surface area contributed by atoms with Crippen molar-refractivity contribution in [1.82, 2.24) is 5.32 Å². The van der Waals surface area contributed by atoms with Gasteiger partial charge in [-0.3, -0.25) is 9.35 Å². The molecule has 50 heavy (non-hydrogen) atoms. The summed E-state index contributed by atoms with van der Waals surface area (Å²) < 4.78 is 32.5. The van der Waals surface area contributed by atoms with Gasteiger partial charge in [0.25, 0.3) is 10.1 Å². The van der Waals surface area contributed by atoms with Gasteiger partial charge in [-0.15, -0.1) is 0 Å².